The zero-order valence-corrected chi connectivity index (χ0v) is 14.6. The standard InChI is InChI=1S/C18H17N5O3/c1-11-8-12(2)23(22-11)16-7-5-14(10-20-16)21-17(24)15-6-4-13(9-19-15)18(25)26-3/h4-10H,1-3H3,(H,21,24). The molecule has 3 aromatic heterocycles. The van der Waals surface area contributed by atoms with Crippen LogP contribution in [0.3, 0.4) is 0 Å². The van der Waals surface area contributed by atoms with Crippen LogP contribution in [-0.4, -0.2) is 38.7 Å². The Morgan fingerprint density at radius 2 is 1.88 bits per heavy atom. The first-order chi connectivity index (χ1) is 12.5. The third-order valence-corrected chi connectivity index (χ3v) is 3.65. The molecule has 3 rings (SSSR count). The van der Waals surface area contributed by atoms with E-state index in [4.69, 9.17) is 0 Å². The topological polar surface area (TPSA) is 99.0 Å². The molecular weight excluding hydrogens is 334 g/mol. The Labute approximate surface area is 149 Å². The van der Waals surface area contributed by atoms with Crippen molar-refractivity contribution in [3.8, 4) is 5.82 Å². The zero-order chi connectivity index (χ0) is 18.7. The number of hydrogen-bond acceptors (Lipinski definition) is 6. The molecule has 0 atom stereocenters. The molecule has 0 aliphatic carbocycles. The second kappa shape index (κ2) is 7.14. The Morgan fingerprint density at radius 1 is 1.08 bits per heavy atom. The van der Waals surface area contributed by atoms with Gasteiger partial charge in [-0.15, -0.1) is 0 Å². The number of nitrogens with zero attached hydrogens (tertiary/aromatic N) is 4. The molecule has 0 saturated carbocycles. The number of aromatic nitrogens is 4. The van der Waals surface area contributed by atoms with E-state index in [0.29, 0.717) is 11.5 Å². The van der Waals surface area contributed by atoms with Crippen LogP contribution in [0.4, 0.5) is 5.69 Å². The molecule has 8 nitrogen and oxygen atoms in total. The summed E-state index contributed by atoms with van der Waals surface area (Å²) >= 11 is 0. The van der Waals surface area contributed by atoms with Crippen LogP contribution in [0, 0.1) is 13.8 Å². The molecule has 0 unspecified atom stereocenters. The predicted octanol–water partition coefficient (Wildman–Crippen LogP) is 2.32. The molecular formula is C18H17N5O3. The number of ether oxygens (including phenoxy) is 1. The molecule has 8 heteroatoms. The molecule has 0 saturated heterocycles. The minimum absolute atomic E-state index is 0.181. The highest BCUT2D eigenvalue weighted by Crippen LogP contribution is 2.13. The fraction of sp³-hybridized carbons (Fsp3) is 0.167. The number of esters is 1. The minimum atomic E-state index is -0.506. The Kier molecular flexibility index (Phi) is 4.74. The van der Waals surface area contributed by atoms with Gasteiger partial charge in [-0.05, 0) is 44.2 Å². The van der Waals surface area contributed by atoms with Crippen LogP contribution in [0.1, 0.15) is 32.2 Å². The second-order valence-corrected chi connectivity index (χ2v) is 5.62. The van der Waals surface area contributed by atoms with E-state index in [2.05, 4.69) is 25.1 Å². The number of amides is 1. The molecule has 132 valence electrons. The molecule has 0 aliphatic heterocycles. The maximum Gasteiger partial charge on any atom is 0.339 e. The molecule has 0 aromatic carbocycles. The van der Waals surface area contributed by atoms with Gasteiger partial charge in [-0.1, -0.05) is 0 Å². The zero-order valence-electron chi connectivity index (χ0n) is 14.6. The van der Waals surface area contributed by atoms with Crippen molar-refractivity contribution in [2.24, 2.45) is 0 Å². The van der Waals surface area contributed by atoms with E-state index < -0.39 is 11.9 Å². The lowest BCUT2D eigenvalue weighted by atomic mass is 10.2. The Balaban J connectivity index is 1.71. The summed E-state index contributed by atoms with van der Waals surface area (Å²) in [6, 6.07) is 8.40. The van der Waals surface area contributed by atoms with Crippen molar-refractivity contribution in [1.82, 2.24) is 19.7 Å². The summed E-state index contributed by atoms with van der Waals surface area (Å²) in [6.07, 6.45) is 2.84. The highest BCUT2D eigenvalue weighted by Gasteiger charge is 2.11. The van der Waals surface area contributed by atoms with Crippen LogP contribution in [0.5, 0.6) is 0 Å². The maximum absolute atomic E-state index is 12.2. The largest absolute Gasteiger partial charge is 0.465 e. The normalized spacial score (nSPS) is 10.4. The van der Waals surface area contributed by atoms with E-state index in [1.165, 1.54) is 25.4 Å². The molecule has 1 N–H and O–H groups in total. The van der Waals surface area contributed by atoms with Crippen molar-refractivity contribution in [1.29, 1.82) is 0 Å². The van der Waals surface area contributed by atoms with Gasteiger partial charge in [-0.3, -0.25) is 9.78 Å². The first kappa shape index (κ1) is 17.3. The monoisotopic (exact) mass is 351 g/mol. The van der Waals surface area contributed by atoms with E-state index in [1.54, 1.807) is 23.0 Å². The summed E-state index contributed by atoms with van der Waals surface area (Å²) in [7, 11) is 1.28. The molecule has 0 aliphatic rings. The summed E-state index contributed by atoms with van der Waals surface area (Å²) in [5, 5.41) is 7.08. The van der Waals surface area contributed by atoms with Crippen LogP contribution < -0.4 is 5.32 Å². The summed E-state index contributed by atoms with van der Waals surface area (Å²) in [4.78, 5) is 31.9. The maximum atomic E-state index is 12.2. The van der Waals surface area contributed by atoms with Gasteiger partial charge in [-0.2, -0.15) is 5.10 Å². The van der Waals surface area contributed by atoms with E-state index in [9.17, 15) is 9.59 Å². The number of rotatable bonds is 4. The number of nitrogens with one attached hydrogen (secondary N) is 1. The summed E-state index contributed by atoms with van der Waals surface area (Å²) in [5.41, 5.74) is 2.86. The number of methoxy groups -OCH3 is 1. The highest BCUT2D eigenvalue weighted by atomic mass is 16.5. The molecule has 0 fully saturated rings. The van der Waals surface area contributed by atoms with Crippen molar-refractivity contribution < 1.29 is 14.3 Å². The Morgan fingerprint density at radius 3 is 2.42 bits per heavy atom. The number of anilines is 1. The van der Waals surface area contributed by atoms with Gasteiger partial charge in [0.15, 0.2) is 5.82 Å². The fourth-order valence-electron chi connectivity index (χ4n) is 2.41. The smallest absolute Gasteiger partial charge is 0.339 e. The van der Waals surface area contributed by atoms with Gasteiger partial charge in [0.25, 0.3) is 5.91 Å². The molecule has 3 heterocycles. The number of aryl methyl sites for hydroxylation is 2. The van der Waals surface area contributed by atoms with E-state index >= 15 is 0 Å². The van der Waals surface area contributed by atoms with Gasteiger partial charge >= 0.3 is 5.97 Å². The van der Waals surface area contributed by atoms with Crippen LogP contribution in [0.2, 0.25) is 0 Å². The molecule has 26 heavy (non-hydrogen) atoms. The third-order valence-electron chi connectivity index (χ3n) is 3.65. The Bertz CT molecular complexity index is 946. The molecule has 0 spiro atoms. The fourth-order valence-corrected chi connectivity index (χ4v) is 2.41. The van der Waals surface area contributed by atoms with E-state index in [-0.39, 0.29) is 11.3 Å². The lowest BCUT2D eigenvalue weighted by Crippen LogP contribution is -2.14. The van der Waals surface area contributed by atoms with Gasteiger partial charge in [0.1, 0.15) is 5.69 Å². The minimum Gasteiger partial charge on any atom is -0.465 e. The predicted molar refractivity (Wildman–Crippen MR) is 94.4 cm³/mol. The first-order valence-corrected chi connectivity index (χ1v) is 7.83. The van der Waals surface area contributed by atoms with Crippen molar-refractivity contribution in [2.45, 2.75) is 13.8 Å². The van der Waals surface area contributed by atoms with Crippen molar-refractivity contribution >= 4 is 17.6 Å². The van der Waals surface area contributed by atoms with Gasteiger partial charge in [0.2, 0.25) is 0 Å². The SMILES string of the molecule is COC(=O)c1ccc(C(=O)Nc2ccc(-n3nc(C)cc3C)nc2)nc1. The quantitative estimate of drug-likeness (QED) is 0.724. The Hall–Kier alpha value is -3.55. The van der Waals surface area contributed by atoms with Crippen LogP contribution >= 0.6 is 0 Å². The molecule has 3 aromatic rings. The average Bonchev–Trinajstić information content (AvgIpc) is 3.00. The highest BCUT2D eigenvalue weighted by molar-refractivity contribution is 6.03. The van der Waals surface area contributed by atoms with Crippen LogP contribution in [-0.2, 0) is 4.74 Å². The van der Waals surface area contributed by atoms with Crippen molar-refractivity contribution in [3.05, 3.63) is 65.4 Å². The first-order valence-electron chi connectivity index (χ1n) is 7.83. The van der Waals surface area contributed by atoms with Crippen LogP contribution in [0.15, 0.2) is 42.7 Å². The van der Waals surface area contributed by atoms with E-state index in [0.717, 1.165) is 11.4 Å². The van der Waals surface area contributed by atoms with Gasteiger partial charge in [0, 0.05) is 11.9 Å². The van der Waals surface area contributed by atoms with Crippen molar-refractivity contribution in [3.63, 3.8) is 0 Å². The van der Waals surface area contributed by atoms with E-state index in [1.807, 2.05) is 19.9 Å². The summed E-state index contributed by atoms with van der Waals surface area (Å²) < 4.78 is 6.33. The number of carbonyl (C=O) groups excluding carboxylic acids is 2. The lowest BCUT2D eigenvalue weighted by Gasteiger charge is -2.07. The third kappa shape index (κ3) is 3.59. The van der Waals surface area contributed by atoms with Crippen LogP contribution in [0.25, 0.3) is 5.82 Å². The number of pyridine rings is 2. The van der Waals surface area contributed by atoms with Gasteiger partial charge in [-0.25, -0.2) is 14.5 Å². The average molecular weight is 351 g/mol. The lowest BCUT2D eigenvalue weighted by molar-refractivity contribution is 0.0600. The second-order valence-electron chi connectivity index (χ2n) is 5.62. The number of hydrogen-bond donors (Lipinski definition) is 1. The molecule has 0 bridgehead atoms. The molecule has 1 amide bonds. The summed E-state index contributed by atoms with van der Waals surface area (Å²) in [5.74, 6) is -0.246. The van der Waals surface area contributed by atoms with Crippen molar-refractivity contribution in [2.75, 3.05) is 12.4 Å². The van der Waals surface area contributed by atoms with Gasteiger partial charge in [0.05, 0.1) is 30.3 Å². The molecule has 0 radical (unpaired) electrons. The van der Waals surface area contributed by atoms with Gasteiger partial charge < -0.3 is 10.1 Å². The summed E-state index contributed by atoms with van der Waals surface area (Å²) in [6.45, 7) is 3.86. The number of carbonyl (C=O) groups is 2.